The summed E-state index contributed by atoms with van der Waals surface area (Å²) in [6, 6.07) is 5.62. The van der Waals surface area contributed by atoms with Crippen molar-refractivity contribution in [3.63, 3.8) is 0 Å². The number of anilines is 1. The Bertz CT molecular complexity index is 729. The number of nitrogens with zero attached hydrogens (tertiary/aromatic N) is 2. The number of benzene rings is 1. The molecule has 0 aliphatic rings. The Kier molecular flexibility index (Phi) is 8.01. The van der Waals surface area contributed by atoms with Gasteiger partial charge in [-0.1, -0.05) is 6.92 Å². The van der Waals surface area contributed by atoms with Gasteiger partial charge in [0, 0.05) is 36.3 Å². The van der Waals surface area contributed by atoms with Gasteiger partial charge in [0.15, 0.2) is 5.96 Å². The minimum Gasteiger partial charge on any atom is -0.357 e. The largest absolute Gasteiger partial charge is 0.357 e. The standard InChI is InChI=1S/C18H24FN5OS/c1-3-15-11-22-17(26-15)9-10-21-18(20-4-2)23-12-16(25)24-14-7-5-13(19)6-8-14/h5-8,11H,3-4,9-10,12H2,1-2H3,(H,24,25)(H2,20,21,23). The Morgan fingerprint density at radius 3 is 2.65 bits per heavy atom. The number of aromatic nitrogens is 1. The third kappa shape index (κ3) is 6.79. The Labute approximate surface area is 157 Å². The third-order valence-electron chi connectivity index (χ3n) is 3.43. The number of hydrogen-bond donors (Lipinski definition) is 3. The van der Waals surface area contributed by atoms with Gasteiger partial charge < -0.3 is 16.0 Å². The quantitative estimate of drug-likeness (QED) is 0.488. The number of amides is 1. The van der Waals surface area contributed by atoms with Gasteiger partial charge in [-0.05, 0) is 37.6 Å². The number of halogens is 1. The Morgan fingerprint density at radius 1 is 1.23 bits per heavy atom. The molecular weight excluding hydrogens is 353 g/mol. The van der Waals surface area contributed by atoms with Crippen molar-refractivity contribution in [2.45, 2.75) is 26.7 Å². The fourth-order valence-corrected chi connectivity index (χ4v) is 3.00. The summed E-state index contributed by atoms with van der Waals surface area (Å²) in [6.07, 6.45) is 3.72. The number of thiazole rings is 1. The first-order valence-electron chi connectivity index (χ1n) is 8.62. The second-order valence-electron chi connectivity index (χ2n) is 5.50. The number of carbonyl (C=O) groups excluding carboxylic acids is 1. The van der Waals surface area contributed by atoms with E-state index in [1.165, 1.54) is 29.1 Å². The minimum atomic E-state index is -0.342. The van der Waals surface area contributed by atoms with Gasteiger partial charge in [0.25, 0.3) is 0 Å². The lowest BCUT2D eigenvalue weighted by Gasteiger charge is -2.10. The van der Waals surface area contributed by atoms with Crippen LogP contribution in [-0.2, 0) is 17.6 Å². The zero-order valence-corrected chi connectivity index (χ0v) is 15.8. The van der Waals surface area contributed by atoms with Gasteiger partial charge in [0.05, 0.1) is 5.01 Å². The summed E-state index contributed by atoms with van der Waals surface area (Å²) >= 11 is 1.72. The minimum absolute atomic E-state index is 0.0239. The number of carbonyl (C=O) groups is 1. The molecule has 2 rings (SSSR count). The maximum atomic E-state index is 12.9. The number of hydrogen-bond acceptors (Lipinski definition) is 4. The van der Waals surface area contributed by atoms with E-state index in [0.717, 1.165) is 17.8 Å². The van der Waals surface area contributed by atoms with E-state index in [-0.39, 0.29) is 18.3 Å². The number of guanidine groups is 1. The predicted molar refractivity (Wildman–Crippen MR) is 104 cm³/mol. The summed E-state index contributed by atoms with van der Waals surface area (Å²) < 4.78 is 12.9. The van der Waals surface area contributed by atoms with E-state index >= 15 is 0 Å². The van der Waals surface area contributed by atoms with Crippen LogP contribution in [-0.4, -0.2) is 36.5 Å². The van der Waals surface area contributed by atoms with Gasteiger partial charge in [-0.2, -0.15) is 0 Å². The van der Waals surface area contributed by atoms with E-state index in [4.69, 9.17) is 0 Å². The summed E-state index contributed by atoms with van der Waals surface area (Å²) in [5.74, 6) is -0.0266. The Hall–Kier alpha value is -2.48. The van der Waals surface area contributed by atoms with Crippen LogP contribution in [0.4, 0.5) is 10.1 Å². The lowest BCUT2D eigenvalue weighted by molar-refractivity contribution is -0.114. The molecule has 0 unspecified atom stereocenters. The predicted octanol–water partition coefficient (Wildman–Crippen LogP) is 2.58. The van der Waals surface area contributed by atoms with E-state index in [2.05, 4.69) is 32.9 Å². The van der Waals surface area contributed by atoms with Crippen LogP contribution in [0, 0.1) is 5.82 Å². The molecule has 3 N–H and O–H groups in total. The maximum Gasteiger partial charge on any atom is 0.246 e. The first-order valence-corrected chi connectivity index (χ1v) is 9.43. The van der Waals surface area contributed by atoms with Gasteiger partial charge in [0.2, 0.25) is 5.91 Å². The molecule has 0 radical (unpaired) electrons. The van der Waals surface area contributed by atoms with Crippen LogP contribution < -0.4 is 16.0 Å². The van der Waals surface area contributed by atoms with Crippen molar-refractivity contribution >= 4 is 28.9 Å². The highest BCUT2D eigenvalue weighted by molar-refractivity contribution is 7.11. The second-order valence-corrected chi connectivity index (χ2v) is 6.70. The normalized spacial score (nSPS) is 11.3. The van der Waals surface area contributed by atoms with Gasteiger partial charge in [-0.15, -0.1) is 11.3 Å². The number of nitrogens with one attached hydrogen (secondary N) is 3. The molecule has 1 aromatic heterocycles. The topological polar surface area (TPSA) is 78.4 Å². The molecule has 0 saturated heterocycles. The van der Waals surface area contributed by atoms with Crippen LogP contribution >= 0.6 is 11.3 Å². The van der Waals surface area contributed by atoms with Crippen molar-refractivity contribution in [3.05, 3.63) is 46.2 Å². The molecule has 0 aliphatic carbocycles. The Balaban J connectivity index is 1.80. The van der Waals surface area contributed by atoms with E-state index < -0.39 is 0 Å². The summed E-state index contributed by atoms with van der Waals surface area (Å²) in [5.41, 5.74) is 0.542. The average Bonchev–Trinajstić information content (AvgIpc) is 3.09. The molecule has 1 amide bonds. The fourth-order valence-electron chi connectivity index (χ4n) is 2.14. The first kappa shape index (κ1) is 19.8. The van der Waals surface area contributed by atoms with Crippen LogP contribution in [0.2, 0.25) is 0 Å². The zero-order valence-electron chi connectivity index (χ0n) is 15.0. The van der Waals surface area contributed by atoms with Crippen molar-refractivity contribution in [1.82, 2.24) is 15.6 Å². The van der Waals surface area contributed by atoms with E-state index in [1.807, 2.05) is 13.1 Å². The highest BCUT2D eigenvalue weighted by atomic mass is 32.1. The number of aryl methyl sites for hydroxylation is 1. The molecule has 0 fully saturated rings. The van der Waals surface area contributed by atoms with E-state index in [9.17, 15) is 9.18 Å². The first-order chi connectivity index (χ1) is 12.6. The lowest BCUT2D eigenvalue weighted by Crippen LogP contribution is -2.39. The maximum absolute atomic E-state index is 12.9. The van der Waals surface area contributed by atoms with Crippen molar-refractivity contribution in [1.29, 1.82) is 0 Å². The van der Waals surface area contributed by atoms with Crippen molar-refractivity contribution < 1.29 is 9.18 Å². The lowest BCUT2D eigenvalue weighted by atomic mass is 10.3. The summed E-state index contributed by atoms with van der Waals surface area (Å²) in [7, 11) is 0. The van der Waals surface area contributed by atoms with E-state index in [1.54, 1.807) is 11.3 Å². The molecule has 1 aromatic carbocycles. The third-order valence-corrected chi connectivity index (χ3v) is 4.64. The highest BCUT2D eigenvalue weighted by Crippen LogP contribution is 2.13. The highest BCUT2D eigenvalue weighted by Gasteiger charge is 2.05. The van der Waals surface area contributed by atoms with Crippen LogP contribution in [0.5, 0.6) is 0 Å². The van der Waals surface area contributed by atoms with Crippen molar-refractivity contribution in [3.8, 4) is 0 Å². The molecule has 0 atom stereocenters. The number of aliphatic imine (C=N–C) groups is 1. The summed E-state index contributed by atoms with van der Waals surface area (Å²) in [5, 5.41) is 10.1. The van der Waals surface area contributed by atoms with Gasteiger partial charge >= 0.3 is 0 Å². The molecule has 0 saturated carbocycles. The fraction of sp³-hybridized carbons (Fsp3) is 0.389. The van der Waals surface area contributed by atoms with Crippen LogP contribution in [0.3, 0.4) is 0 Å². The Morgan fingerprint density at radius 2 is 2.00 bits per heavy atom. The smallest absolute Gasteiger partial charge is 0.246 e. The molecule has 8 heteroatoms. The van der Waals surface area contributed by atoms with Crippen molar-refractivity contribution in [2.24, 2.45) is 4.99 Å². The zero-order chi connectivity index (χ0) is 18.8. The van der Waals surface area contributed by atoms with Crippen LogP contribution in [0.1, 0.15) is 23.7 Å². The number of rotatable bonds is 8. The monoisotopic (exact) mass is 377 g/mol. The summed E-state index contributed by atoms with van der Waals surface area (Å²) in [6.45, 7) is 5.43. The van der Waals surface area contributed by atoms with Crippen LogP contribution in [0.25, 0.3) is 0 Å². The van der Waals surface area contributed by atoms with Crippen LogP contribution in [0.15, 0.2) is 35.5 Å². The summed E-state index contributed by atoms with van der Waals surface area (Å²) in [4.78, 5) is 21.9. The van der Waals surface area contributed by atoms with Gasteiger partial charge in [-0.25, -0.2) is 14.4 Å². The molecule has 0 bridgehead atoms. The molecule has 2 aromatic rings. The molecule has 0 spiro atoms. The molecule has 0 aliphatic heterocycles. The second kappa shape index (κ2) is 10.5. The van der Waals surface area contributed by atoms with Gasteiger partial charge in [-0.3, -0.25) is 4.79 Å². The van der Waals surface area contributed by atoms with E-state index in [0.29, 0.717) is 24.7 Å². The molecule has 140 valence electrons. The molecule has 6 nitrogen and oxygen atoms in total. The average molecular weight is 377 g/mol. The SMILES string of the molecule is CCNC(=NCC(=O)Nc1ccc(F)cc1)NCCc1ncc(CC)s1. The molecule has 26 heavy (non-hydrogen) atoms. The molecule has 1 heterocycles. The van der Waals surface area contributed by atoms with Crippen molar-refractivity contribution in [2.75, 3.05) is 25.0 Å². The van der Waals surface area contributed by atoms with Gasteiger partial charge in [0.1, 0.15) is 12.4 Å². The molecular formula is C18H24FN5OS.